The van der Waals surface area contributed by atoms with Gasteiger partial charge in [0.25, 0.3) is 10.0 Å². The molecular formula is C12H11F3N2O3S. The molecule has 0 atom stereocenters. The van der Waals surface area contributed by atoms with Crippen molar-refractivity contribution >= 4 is 21.6 Å². The number of hydrogen-bond donors (Lipinski definition) is 1. The molecule has 1 aromatic rings. The molecule has 0 spiro atoms. The fourth-order valence-electron chi connectivity index (χ4n) is 1.49. The number of sulfonamides is 1. The summed E-state index contributed by atoms with van der Waals surface area (Å²) in [6.45, 7) is 0.430. The van der Waals surface area contributed by atoms with Gasteiger partial charge < -0.3 is 5.73 Å². The summed E-state index contributed by atoms with van der Waals surface area (Å²) in [6, 6.07) is 3.78. The van der Waals surface area contributed by atoms with Gasteiger partial charge in [0.05, 0.1) is 12.2 Å². The van der Waals surface area contributed by atoms with Gasteiger partial charge in [-0.15, -0.1) is 6.42 Å². The predicted octanol–water partition coefficient (Wildman–Crippen LogP) is 1.29. The van der Waals surface area contributed by atoms with Gasteiger partial charge in [0.15, 0.2) is 0 Å². The molecule has 2 N–H and O–H groups in total. The smallest absolute Gasteiger partial charge is 0.397 e. The number of alkyl halides is 3. The van der Waals surface area contributed by atoms with E-state index >= 15 is 0 Å². The predicted molar refractivity (Wildman–Crippen MR) is 69.4 cm³/mol. The number of hydrogen-bond acceptors (Lipinski definition) is 4. The van der Waals surface area contributed by atoms with Crippen molar-refractivity contribution in [3.63, 3.8) is 0 Å². The maximum Gasteiger partial charge on any atom is 0.472 e. The van der Waals surface area contributed by atoms with E-state index in [0.717, 1.165) is 6.07 Å². The number of aryl methyl sites for hydroxylation is 1. The van der Waals surface area contributed by atoms with Crippen molar-refractivity contribution in [1.82, 2.24) is 4.31 Å². The second-order valence-corrected chi connectivity index (χ2v) is 5.84. The van der Waals surface area contributed by atoms with Crippen LogP contribution in [-0.2, 0) is 14.8 Å². The minimum atomic E-state index is -5.37. The van der Waals surface area contributed by atoms with Crippen LogP contribution in [0.1, 0.15) is 5.56 Å². The van der Waals surface area contributed by atoms with Crippen LogP contribution >= 0.6 is 0 Å². The molecule has 0 aromatic heterocycles. The number of benzene rings is 1. The van der Waals surface area contributed by atoms with Crippen molar-refractivity contribution in [2.24, 2.45) is 0 Å². The third-order valence-electron chi connectivity index (χ3n) is 2.56. The number of carbonyl (C=O) groups excluding carboxylic acids is 1. The molecule has 1 aromatic carbocycles. The number of halogens is 3. The summed E-state index contributed by atoms with van der Waals surface area (Å²) in [5, 5.41) is 0. The molecule has 0 fully saturated rings. The van der Waals surface area contributed by atoms with Gasteiger partial charge in [-0.05, 0) is 18.6 Å². The first kappa shape index (κ1) is 16.8. The number of terminal acetylenes is 1. The van der Waals surface area contributed by atoms with Crippen LogP contribution in [0.25, 0.3) is 0 Å². The number of nitrogens with zero attached hydrogens (tertiary/aromatic N) is 1. The maximum absolute atomic E-state index is 12.5. The molecule has 0 heterocycles. The van der Waals surface area contributed by atoms with E-state index in [9.17, 15) is 26.4 Å². The summed E-state index contributed by atoms with van der Waals surface area (Å²) in [5.41, 5.74) is 5.66. The summed E-state index contributed by atoms with van der Waals surface area (Å²) < 4.78 is 61.5. The molecule has 0 saturated carbocycles. The normalized spacial score (nSPS) is 11.8. The lowest BCUT2D eigenvalue weighted by Crippen LogP contribution is -2.45. The SMILES string of the molecule is C#CCN(C(=O)C(F)(F)F)S(=O)(=O)c1cccc(C)c1N. The summed E-state index contributed by atoms with van der Waals surface area (Å²) >= 11 is 0. The van der Waals surface area contributed by atoms with Crippen molar-refractivity contribution in [2.45, 2.75) is 18.0 Å². The Balaban J connectivity index is 3.47. The Hall–Kier alpha value is -2.21. The van der Waals surface area contributed by atoms with Crippen LogP contribution in [0.4, 0.5) is 18.9 Å². The Morgan fingerprint density at radius 3 is 2.48 bits per heavy atom. The van der Waals surface area contributed by atoms with E-state index in [1.807, 2.05) is 0 Å². The zero-order valence-corrected chi connectivity index (χ0v) is 11.6. The van der Waals surface area contributed by atoms with Crippen molar-refractivity contribution in [2.75, 3.05) is 12.3 Å². The molecule has 0 radical (unpaired) electrons. The maximum atomic E-state index is 12.5. The minimum absolute atomic E-state index is 0.241. The topological polar surface area (TPSA) is 80.5 Å². The van der Waals surface area contributed by atoms with Crippen LogP contribution in [-0.4, -0.2) is 31.4 Å². The van der Waals surface area contributed by atoms with E-state index in [4.69, 9.17) is 12.2 Å². The molecule has 5 nitrogen and oxygen atoms in total. The Bertz CT molecular complexity index is 705. The molecule has 21 heavy (non-hydrogen) atoms. The van der Waals surface area contributed by atoms with Gasteiger partial charge in [0, 0.05) is 0 Å². The van der Waals surface area contributed by atoms with Crippen molar-refractivity contribution in [3.05, 3.63) is 23.8 Å². The monoisotopic (exact) mass is 320 g/mol. The van der Waals surface area contributed by atoms with Gasteiger partial charge in [-0.3, -0.25) is 4.79 Å². The molecule has 1 amide bonds. The molecule has 1 rings (SSSR count). The number of carbonyl (C=O) groups is 1. The lowest BCUT2D eigenvalue weighted by atomic mass is 10.2. The quantitative estimate of drug-likeness (QED) is 0.672. The summed E-state index contributed by atoms with van der Waals surface area (Å²) in [6.07, 6.45) is -0.526. The van der Waals surface area contributed by atoms with E-state index in [1.54, 1.807) is 5.92 Å². The first-order valence-corrected chi connectivity index (χ1v) is 6.90. The molecule has 114 valence electrons. The van der Waals surface area contributed by atoms with Crippen LogP contribution in [0.2, 0.25) is 0 Å². The number of anilines is 1. The van der Waals surface area contributed by atoms with Crippen molar-refractivity contribution < 1.29 is 26.4 Å². The van der Waals surface area contributed by atoms with E-state index < -0.39 is 37.9 Å². The molecule has 0 bridgehead atoms. The van der Waals surface area contributed by atoms with Gasteiger partial charge in [-0.2, -0.15) is 13.2 Å². The molecular weight excluding hydrogens is 309 g/mol. The Morgan fingerprint density at radius 2 is 2.00 bits per heavy atom. The highest BCUT2D eigenvalue weighted by molar-refractivity contribution is 7.89. The second-order valence-electron chi connectivity index (χ2n) is 4.01. The van der Waals surface area contributed by atoms with Crippen LogP contribution in [0.5, 0.6) is 0 Å². The highest BCUT2D eigenvalue weighted by Gasteiger charge is 2.47. The van der Waals surface area contributed by atoms with E-state index in [0.29, 0.717) is 5.56 Å². The van der Waals surface area contributed by atoms with Crippen LogP contribution < -0.4 is 5.73 Å². The molecule has 0 aliphatic carbocycles. The third-order valence-corrected chi connectivity index (χ3v) is 4.34. The number of rotatable bonds is 3. The molecule has 0 saturated heterocycles. The summed E-state index contributed by atoms with van der Waals surface area (Å²) in [5.74, 6) is -0.852. The van der Waals surface area contributed by atoms with E-state index in [-0.39, 0.29) is 5.69 Å². The first-order chi connectivity index (χ1) is 9.53. The van der Waals surface area contributed by atoms with Gasteiger partial charge in [-0.25, -0.2) is 12.7 Å². The molecule has 0 unspecified atom stereocenters. The molecule has 9 heteroatoms. The fraction of sp³-hybridized carbons (Fsp3) is 0.250. The average Bonchev–Trinajstić information content (AvgIpc) is 2.36. The van der Waals surface area contributed by atoms with Gasteiger partial charge in [0.1, 0.15) is 4.90 Å². The van der Waals surface area contributed by atoms with Gasteiger partial charge in [-0.1, -0.05) is 18.1 Å². The summed E-state index contributed by atoms with van der Waals surface area (Å²) in [4.78, 5) is 10.7. The first-order valence-electron chi connectivity index (χ1n) is 5.46. The number of amides is 1. The van der Waals surface area contributed by atoms with Gasteiger partial charge >= 0.3 is 12.1 Å². The van der Waals surface area contributed by atoms with Crippen molar-refractivity contribution in [3.8, 4) is 12.3 Å². The van der Waals surface area contributed by atoms with Crippen LogP contribution in [0, 0.1) is 19.3 Å². The Kier molecular flexibility index (Phi) is 4.53. The van der Waals surface area contributed by atoms with Crippen molar-refractivity contribution in [1.29, 1.82) is 0 Å². The Morgan fingerprint density at radius 1 is 1.43 bits per heavy atom. The zero-order chi connectivity index (χ0) is 16.4. The lowest BCUT2D eigenvalue weighted by Gasteiger charge is -2.22. The highest BCUT2D eigenvalue weighted by Crippen LogP contribution is 2.28. The third kappa shape index (κ3) is 3.28. The second kappa shape index (κ2) is 5.65. The number of nitrogen functional groups attached to an aromatic ring is 1. The minimum Gasteiger partial charge on any atom is -0.397 e. The highest BCUT2D eigenvalue weighted by atomic mass is 32.2. The average molecular weight is 320 g/mol. The van der Waals surface area contributed by atoms with Crippen LogP contribution in [0.3, 0.4) is 0 Å². The zero-order valence-electron chi connectivity index (χ0n) is 10.8. The van der Waals surface area contributed by atoms with Crippen LogP contribution in [0.15, 0.2) is 23.1 Å². The molecule has 0 aliphatic rings. The number of nitrogens with two attached hydrogens (primary N) is 1. The number of para-hydroxylation sites is 1. The standard InChI is InChI=1S/C12H11F3N2O3S/c1-3-7-17(11(18)12(13,14)15)21(19,20)9-6-4-5-8(2)10(9)16/h1,4-6H,7,16H2,2H3. The molecule has 0 aliphatic heterocycles. The largest absolute Gasteiger partial charge is 0.472 e. The van der Waals surface area contributed by atoms with E-state index in [2.05, 4.69) is 0 Å². The Labute approximate surface area is 119 Å². The van der Waals surface area contributed by atoms with Gasteiger partial charge in [0.2, 0.25) is 0 Å². The summed E-state index contributed by atoms with van der Waals surface area (Å²) in [7, 11) is -4.80. The van der Waals surface area contributed by atoms with E-state index in [1.165, 1.54) is 19.1 Å². The lowest BCUT2D eigenvalue weighted by molar-refractivity contribution is -0.179. The fourth-order valence-corrected chi connectivity index (χ4v) is 2.98.